The fraction of sp³-hybridized carbons (Fsp3) is 0.500. The lowest BCUT2D eigenvalue weighted by molar-refractivity contribution is -0.140. The maximum absolute atomic E-state index is 12.3. The standard InChI is InChI=1S/C14H18N4O4/c1-3-10(19)12(20)11-13(16-17-15)18(14(11)21)8-4-6-9(22-2)7-5-8/h4-7,10-13,19-20H,3H2,1-2H3/t10-,11-,12?,13+/m1/s1. The average molecular weight is 306 g/mol. The molecule has 22 heavy (non-hydrogen) atoms. The van der Waals surface area contributed by atoms with E-state index in [2.05, 4.69) is 10.0 Å². The molecule has 1 heterocycles. The molecule has 1 aliphatic rings. The lowest BCUT2D eigenvalue weighted by atomic mass is 9.84. The normalized spacial score (nSPS) is 23.3. The van der Waals surface area contributed by atoms with E-state index in [0.717, 1.165) is 0 Å². The number of carbonyl (C=O) groups excluding carboxylic acids is 1. The number of aliphatic hydroxyl groups excluding tert-OH is 2. The molecule has 0 saturated carbocycles. The Hall–Kier alpha value is -2.28. The van der Waals surface area contributed by atoms with E-state index in [1.807, 2.05) is 0 Å². The van der Waals surface area contributed by atoms with Gasteiger partial charge in [-0.05, 0) is 36.2 Å². The van der Waals surface area contributed by atoms with Crippen LogP contribution in [-0.4, -0.2) is 41.6 Å². The minimum absolute atomic E-state index is 0.302. The van der Waals surface area contributed by atoms with E-state index in [1.54, 1.807) is 31.2 Å². The van der Waals surface area contributed by atoms with Crippen molar-refractivity contribution in [2.45, 2.75) is 31.7 Å². The molecule has 0 aromatic heterocycles. The first-order valence-corrected chi connectivity index (χ1v) is 6.92. The quantitative estimate of drug-likeness (QED) is 0.357. The van der Waals surface area contributed by atoms with Crippen LogP contribution in [-0.2, 0) is 4.79 Å². The molecule has 0 radical (unpaired) electrons. The summed E-state index contributed by atoms with van der Waals surface area (Å²) in [6.45, 7) is 1.70. The molecule has 1 fully saturated rings. The van der Waals surface area contributed by atoms with Crippen LogP contribution < -0.4 is 9.64 Å². The van der Waals surface area contributed by atoms with Gasteiger partial charge in [-0.15, -0.1) is 0 Å². The van der Waals surface area contributed by atoms with Gasteiger partial charge in [0.15, 0.2) is 0 Å². The molecule has 1 amide bonds. The summed E-state index contributed by atoms with van der Waals surface area (Å²) in [5.74, 6) is -0.689. The van der Waals surface area contributed by atoms with Gasteiger partial charge in [-0.2, -0.15) is 0 Å². The topological polar surface area (TPSA) is 119 Å². The molecule has 1 aliphatic heterocycles. The van der Waals surface area contributed by atoms with Gasteiger partial charge >= 0.3 is 0 Å². The van der Waals surface area contributed by atoms with Gasteiger partial charge in [-0.3, -0.25) is 4.79 Å². The first-order chi connectivity index (χ1) is 10.5. The predicted octanol–water partition coefficient (Wildman–Crippen LogP) is 1.43. The number of ether oxygens (including phenoxy) is 1. The number of carbonyl (C=O) groups is 1. The summed E-state index contributed by atoms with van der Waals surface area (Å²) in [4.78, 5) is 16.3. The molecule has 1 saturated heterocycles. The van der Waals surface area contributed by atoms with Gasteiger partial charge in [0.05, 0.1) is 25.2 Å². The number of amides is 1. The fourth-order valence-electron chi connectivity index (χ4n) is 2.50. The molecule has 8 heteroatoms. The van der Waals surface area contributed by atoms with Crippen LogP contribution >= 0.6 is 0 Å². The van der Waals surface area contributed by atoms with Gasteiger partial charge < -0.3 is 19.8 Å². The molecular formula is C14H18N4O4. The smallest absolute Gasteiger partial charge is 0.235 e. The van der Waals surface area contributed by atoms with Crippen LogP contribution in [0.2, 0.25) is 0 Å². The number of aliphatic hydroxyl groups is 2. The second kappa shape index (κ2) is 6.65. The van der Waals surface area contributed by atoms with Crippen LogP contribution in [0.3, 0.4) is 0 Å². The Morgan fingerprint density at radius 1 is 1.41 bits per heavy atom. The zero-order chi connectivity index (χ0) is 16.3. The molecule has 8 nitrogen and oxygen atoms in total. The Morgan fingerprint density at radius 2 is 2.05 bits per heavy atom. The zero-order valence-corrected chi connectivity index (χ0v) is 12.3. The van der Waals surface area contributed by atoms with E-state index in [9.17, 15) is 15.0 Å². The molecule has 1 aromatic rings. The van der Waals surface area contributed by atoms with E-state index >= 15 is 0 Å². The summed E-state index contributed by atoms with van der Waals surface area (Å²) in [5.41, 5.74) is 9.23. The minimum Gasteiger partial charge on any atom is -0.497 e. The number of methoxy groups -OCH3 is 1. The second-order valence-electron chi connectivity index (χ2n) is 5.02. The maximum atomic E-state index is 12.3. The number of hydrogen-bond acceptors (Lipinski definition) is 5. The van der Waals surface area contributed by atoms with Gasteiger partial charge in [0.2, 0.25) is 5.91 Å². The number of hydrogen-bond donors (Lipinski definition) is 2. The predicted molar refractivity (Wildman–Crippen MR) is 79.2 cm³/mol. The summed E-state index contributed by atoms with van der Waals surface area (Å²) >= 11 is 0. The van der Waals surface area contributed by atoms with Crippen LogP contribution in [0.4, 0.5) is 5.69 Å². The van der Waals surface area contributed by atoms with Crippen LogP contribution in [0, 0.1) is 5.92 Å². The highest BCUT2D eigenvalue weighted by Gasteiger charge is 2.52. The summed E-state index contributed by atoms with van der Waals surface area (Å²) in [6, 6.07) is 6.69. The van der Waals surface area contributed by atoms with Crippen molar-refractivity contribution >= 4 is 11.6 Å². The van der Waals surface area contributed by atoms with Crippen molar-refractivity contribution in [3.63, 3.8) is 0 Å². The molecule has 0 bridgehead atoms. The molecule has 1 unspecified atom stereocenters. The number of azide groups is 1. The van der Waals surface area contributed by atoms with E-state index in [0.29, 0.717) is 17.9 Å². The summed E-state index contributed by atoms with van der Waals surface area (Å²) in [5, 5.41) is 23.4. The SMILES string of the molecule is CC[C@@H](O)C(O)[C@H]1C(=O)N(c2ccc(OC)cc2)[C@@H]1N=[N+]=[N-]. The van der Waals surface area contributed by atoms with Crippen molar-refractivity contribution in [3.05, 3.63) is 34.7 Å². The third kappa shape index (κ3) is 2.71. The van der Waals surface area contributed by atoms with Gasteiger partial charge in [0, 0.05) is 10.6 Å². The van der Waals surface area contributed by atoms with E-state index in [4.69, 9.17) is 10.3 Å². The van der Waals surface area contributed by atoms with Gasteiger partial charge in [0.1, 0.15) is 11.9 Å². The fourth-order valence-corrected chi connectivity index (χ4v) is 2.50. The van der Waals surface area contributed by atoms with Crippen LogP contribution in [0.15, 0.2) is 29.4 Å². The molecule has 0 aliphatic carbocycles. The van der Waals surface area contributed by atoms with Crippen LogP contribution in [0.5, 0.6) is 5.75 Å². The summed E-state index contributed by atoms with van der Waals surface area (Å²) in [6.07, 6.45) is -2.86. The third-order valence-electron chi connectivity index (χ3n) is 3.81. The highest BCUT2D eigenvalue weighted by atomic mass is 16.5. The Labute approximate surface area is 127 Å². The summed E-state index contributed by atoms with van der Waals surface area (Å²) in [7, 11) is 1.53. The molecule has 2 rings (SSSR count). The lowest BCUT2D eigenvalue weighted by Gasteiger charge is -2.47. The number of rotatable bonds is 6. The highest BCUT2D eigenvalue weighted by molar-refractivity contribution is 6.03. The first kappa shape index (κ1) is 16.1. The number of benzene rings is 1. The summed E-state index contributed by atoms with van der Waals surface area (Å²) < 4.78 is 5.05. The van der Waals surface area contributed by atoms with E-state index in [1.165, 1.54) is 12.0 Å². The first-order valence-electron chi connectivity index (χ1n) is 6.92. The second-order valence-corrected chi connectivity index (χ2v) is 5.02. The molecule has 2 N–H and O–H groups in total. The van der Waals surface area contributed by atoms with Crippen molar-refractivity contribution in [2.75, 3.05) is 12.0 Å². The molecule has 118 valence electrons. The van der Waals surface area contributed by atoms with Gasteiger partial charge in [-0.1, -0.05) is 12.0 Å². The Kier molecular flexibility index (Phi) is 4.87. The molecule has 4 atom stereocenters. The van der Waals surface area contributed by atoms with Crippen LogP contribution in [0.1, 0.15) is 13.3 Å². The van der Waals surface area contributed by atoms with Crippen LogP contribution in [0.25, 0.3) is 10.4 Å². The van der Waals surface area contributed by atoms with E-state index in [-0.39, 0.29) is 5.91 Å². The van der Waals surface area contributed by atoms with Crippen molar-refractivity contribution in [1.82, 2.24) is 0 Å². The zero-order valence-electron chi connectivity index (χ0n) is 12.3. The molecule has 1 aromatic carbocycles. The van der Waals surface area contributed by atoms with Crippen molar-refractivity contribution in [1.29, 1.82) is 0 Å². The molecule has 0 spiro atoms. The van der Waals surface area contributed by atoms with Gasteiger partial charge in [-0.25, -0.2) is 0 Å². The van der Waals surface area contributed by atoms with Crippen molar-refractivity contribution in [2.24, 2.45) is 11.0 Å². The third-order valence-corrected chi connectivity index (χ3v) is 3.81. The Balaban J connectivity index is 2.25. The van der Waals surface area contributed by atoms with E-state index < -0.39 is 24.3 Å². The Bertz CT molecular complexity index is 585. The van der Waals surface area contributed by atoms with Crippen molar-refractivity contribution < 1.29 is 19.7 Å². The minimum atomic E-state index is -1.26. The lowest BCUT2D eigenvalue weighted by Crippen LogP contribution is -2.65. The molecular weight excluding hydrogens is 288 g/mol. The highest BCUT2D eigenvalue weighted by Crippen LogP contribution is 2.37. The number of β-lactam (4-membered cyclic amide) rings is 1. The van der Waals surface area contributed by atoms with Crippen molar-refractivity contribution in [3.8, 4) is 5.75 Å². The average Bonchev–Trinajstić information content (AvgIpc) is 2.54. The number of nitrogens with zero attached hydrogens (tertiary/aromatic N) is 4. The maximum Gasteiger partial charge on any atom is 0.235 e. The number of anilines is 1. The monoisotopic (exact) mass is 306 g/mol. The Morgan fingerprint density at radius 3 is 2.55 bits per heavy atom. The largest absolute Gasteiger partial charge is 0.497 e. The van der Waals surface area contributed by atoms with Gasteiger partial charge in [0.25, 0.3) is 0 Å².